The molecule has 8 heteroatoms. The van der Waals surface area contributed by atoms with E-state index in [1.165, 1.54) is 0 Å². The highest BCUT2D eigenvalue weighted by Crippen LogP contribution is 2.44. The van der Waals surface area contributed by atoms with Gasteiger partial charge < -0.3 is 37.9 Å². The Balaban J connectivity index is 0.895. The molecule has 8 atom stereocenters. The van der Waals surface area contributed by atoms with Crippen molar-refractivity contribution in [3.05, 3.63) is 0 Å². The van der Waals surface area contributed by atoms with Gasteiger partial charge in [0, 0.05) is 0 Å². The van der Waals surface area contributed by atoms with Gasteiger partial charge in [-0.25, -0.2) is 0 Å². The molecule has 6 fully saturated rings. The number of hydrogen-bond donors (Lipinski definition) is 0. The van der Waals surface area contributed by atoms with E-state index in [4.69, 9.17) is 37.9 Å². The molecular weight excluding hydrogens is 404 g/mol. The van der Waals surface area contributed by atoms with Crippen molar-refractivity contribution < 1.29 is 37.9 Å². The summed E-state index contributed by atoms with van der Waals surface area (Å²) in [5.74, 6) is 2.36. The smallest absolute Gasteiger partial charge is 0.373 e. The van der Waals surface area contributed by atoms with Crippen LogP contribution in [0.2, 0.25) is 0 Å². The molecule has 8 nitrogen and oxygen atoms in total. The van der Waals surface area contributed by atoms with Crippen LogP contribution in [0, 0.1) is 23.7 Å². The second kappa shape index (κ2) is 8.47. The monoisotopic (exact) mass is 440 g/mol. The van der Waals surface area contributed by atoms with Crippen LogP contribution in [0.5, 0.6) is 0 Å². The first-order valence-corrected chi connectivity index (χ1v) is 12.2. The summed E-state index contributed by atoms with van der Waals surface area (Å²) < 4.78 is 46.7. The molecule has 4 heterocycles. The van der Waals surface area contributed by atoms with Crippen molar-refractivity contribution in [2.24, 2.45) is 23.7 Å². The van der Waals surface area contributed by atoms with E-state index in [9.17, 15) is 0 Å². The minimum absolute atomic E-state index is 0.0990. The Kier molecular flexibility index (Phi) is 5.80. The molecule has 31 heavy (non-hydrogen) atoms. The molecule has 0 amide bonds. The van der Waals surface area contributed by atoms with E-state index in [2.05, 4.69) is 13.8 Å². The van der Waals surface area contributed by atoms with Crippen molar-refractivity contribution >= 4 is 0 Å². The molecule has 2 aliphatic carbocycles. The van der Waals surface area contributed by atoms with Crippen LogP contribution in [-0.2, 0) is 37.9 Å². The third-order valence-corrected chi connectivity index (χ3v) is 8.14. The molecule has 0 aromatic rings. The van der Waals surface area contributed by atoms with Crippen LogP contribution in [0.4, 0.5) is 0 Å². The topological polar surface area (TPSA) is 80.4 Å². The minimum atomic E-state index is -1.40. The van der Waals surface area contributed by atoms with Crippen LogP contribution < -0.4 is 0 Å². The second-order valence-electron chi connectivity index (χ2n) is 10.5. The van der Waals surface area contributed by atoms with Crippen molar-refractivity contribution in [2.75, 3.05) is 39.6 Å². The summed E-state index contributed by atoms with van der Waals surface area (Å²) in [6.07, 6.45) is 4.85. The zero-order chi connectivity index (χ0) is 21.0. The van der Waals surface area contributed by atoms with E-state index in [0.29, 0.717) is 74.5 Å². The fourth-order valence-electron chi connectivity index (χ4n) is 5.67. The summed E-state index contributed by atoms with van der Waals surface area (Å²) in [6, 6.07) is 0. The van der Waals surface area contributed by atoms with Crippen molar-refractivity contribution in [3.8, 4) is 0 Å². The number of hydrogen-bond acceptors (Lipinski definition) is 8. The Morgan fingerprint density at radius 1 is 0.613 bits per heavy atom. The van der Waals surface area contributed by atoms with Gasteiger partial charge in [0.2, 0.25) is 0 Å². The summed E-state index contributed by atoms with van der Waals surface area (Å²) in [4.78, 5) is 0. The van der Waals surface area contributed by atoms with Crippen LogP contribution in [0.15, 0.2) is 0 Å². The highest BCUT2D eigenvalue weighted by atomic mass is 17.0. The Hall–Kier alpha value is -0.320. The van der Waals surface area contributed by atoms with Gasteiger partial charge in [-0.2, -0.15) is 0 Å². The van der Waals surface area contributed by atoms with Gasteiger partial charge in [0.25, 0.3) is 0 Å². The highest BCUT2D eigenvalue weighted by Gasteiger charge is 2.49. The van der Waals surface area contributed by atoms with Crippen LogP contribution in [0.3, 0.4) is 0 Å². The number of epoxide rings is 2. The van der Waals surface area contributed by atoms with Gasteiger partial charge in [0.1, 0.15) is 12.2 Å². The third-order valence-electron chi connectivity index (χ3n) is 8.14. The normalized spacial score (nSPS) is 53.6. The molecule has 6 aliphatic rings. The summed E-state index contributed by atoms with van der Waals surface area (Å²) in [7, 11) is 0. The average molecular weight is 441 g/mol. The van der Waals surface area contributed by atoms with Gasteiger partial charge in [-0.15, -0.1) is 0 Å². The van der Waals surface area contributed by atoms with Crippen LogP contribution in [0.1, 0.15) is 39.5 Å². The molecule has 0 bridgehead atoms. The van der Waals surface area contributed by atoms with Crippen molar-refractivity contribution in [3.63, 3.8) is 0 Å². The quantitative estimate of drug-likeness (QED) is 0.581. The fraction of sp³-hybridized carbons (Fsp3) is 1.00. The number of ether oxygens (including phenoxy) is 8. The lowest BCUT2D eigenvalue weighted by atomic mass is 9.81. The summed E-state index contributed by atoms with van der Waals surface area (Å²) >= 11 is 0. The van der Waals surface area contributed by atoms with Crippen LogP contribution in [-0.4, -0.2) is 82.4 Å². The van der Waals surface area contributed by atoms with Gasteiger partial charge in [-0.1, -0.05) is 13.8 Å². The molecule has 4 saturated heterocycles. The van der Waals surface area contributed by atoms with E-state index in [1.807, 2.05) is 0 Å². The molecule has 0 aromatic heterocycles. The first kappa shape index (κ1) is 21.2. The van der Waals surface area contributed by atoms with E-state index in [-0.39, 0.29) is 12.2 Å². The third kappa shape index (κ3) is 4.68. The molecule has 0 aromatic carbocycles. The van der Waals surface area contributed by atoms with Gasteiger partial charge >= 0.3 is 6.16 Å². The maximum absolute atomic E-state index is 6.09. The summed E-state index contributed by atoms with van der Waals surface area (Å²) in [5, 5.41) is 0. The molecule has 4 aliphatic heterocycles. The fourth-order valence-corrected chi connectivity index (χ4v) is 5.67. The molecule has 0 N–H and O–H groups in total. The molecule has 1 spiro atoms. The zero-order valence-electron chi connectivity index (χ0n) is 18.6. The Bertz CT molecular complexity index is 572. The first-order chi connectivity index (χ1) is 15.1. The second-order valence-corrected chi connectivity index (χ2v) is 10.5. The molecule has 8 unspecified atom stereocenters. The maximum Gasteiger partial charge on any atom is 0.413 e. The maximum atomic E-state index is 6.09. The van der Waals surface area contributed by atoms with E-state index < -0.39 is 6.16 Å². The van der Waals surface area contributed by atoms with E-state index in [1.54, 1.807) is 0 Å². The molecule has 6 rings (SSSR count). The molecular formula is C23H36O8. The Morgan fingerprint density at radius 3 is 1.42 bits per heavy atom. The predicted molar refractivity (Wildman–Crippen MR) is 107 cm³/mol. The SMILES string of the molecule is CC1CC2OC2CC1COC1COC2(OC1)OCC(OCC1CC3OC3CC1C)CO2. The van der Waals surface area contributed by atoms with Gasteiger partial charge in [0.05, 0.1) is 64.1 Å². The summed E-state index contributed by atoms with van der Waals surface area (Å²) in [5.41, 5.74) is 0. The van der Waals surface area contributed by atoms with Gasteiger partial charge in [-0.3, -0.25) is 0 Å². The van der Waals surface area contributed by atoms with Crippen molar-refractivity contribution in [2.45, 2.75) is 82.3 Å². The molecule has 176 valence electrons. The molecule has 2 saturated carbocycles. The lowest BCUT2D eigenvalue weighted by Gasteiger charge is -2.42. The van der Waals surface area contributed by atoms with Crippen LogP contribution in [0.25, 0.3) is 0 Å². The number of rotatable bonds is 6. The standard InChI is InChI=1S/C23H36O8/c1-13-3-19-21(30-19)5-15(13)7-24-17-9-26-23(27-10-17)28-11-18(12-29-23)25-8-16-6-22-20(31-22)4-14(16)2/h13-22H,3-12H2,1-2H3. The largest absolute Gasteiger partial charge is 0.413 e. The van der Waals surface area contributed by atoms with Crippen molar-refractivity contribution in [1.82, 2.24) is 0 Å². The lowest BCUT2D eigenvalue weighted by Crippen LogP contribution is -2.56. The Morgan fingerprint density at radius 2 is 1.00 bits per heavy atom. The van der Waals surface area contributed by atoms with Gasteiger partial charge in [0.15, 0.2) is 0 Å². The Labute approximate surface area is 184 Å². The molecule has 0 radical (unpaired) electrons. The lowest BCUT2D eigenvalue weighted by molar-refractivity contribution is -0.538. The minimum Gasteiger partial charge on any atom is -0.373 e. The summed E-state index contributed by atoms with van der Waals surface area (Å²) in [6.45, 7) is 7.64. The van der Waals surface area contributed by atoms with Crippen molar-refractivity contribution in [1.29, 1.82) is 0 Å². The zero-order valence-corrected chi connectivity index (χ0v) is 18.6. The first-order valence-electron chi connectivity index (χ1n) is 12.2. The average Bonchev–Trinajstić information content (AvgIpc) is 3.69. The van der Waals surface area contributed by atoms with Crippen LogP contribution >= 0.6 is 0 Å². The van der Waals surface area contributed by atoms with Gasteiger partial charge in [-0.05, 0) is 49.4 Å². The van der Waals surface area contributed by atoms with E-state index in [0.717, 1.165) is 38.9 Å². The van der Waals surface area contributed by atoms with E-state index >= 15 is 0 Å². The predicted octanol–water partition coefficient (Wildman–Crippen LogP) is 2.09. The number of fused-ring (bicyclic) bond motifs is 2. The highest BCUT2D eigenvalue weighted by molar-refractivity contribution is 4.95.